The summed E-state index contributed by atoms with van der Waals surface area (Å²) in [6, 6.07) is 42.5. The van der Waals surface area contributed by atoms with Crippen molar-refractivity contribution in [3.63, 3.8) is 0 Å². The molecule has 4 aromatic rings. The smallest absolute Gasteiger partial charge is 0.232 e. The molecule has 0 bridgehead atoms. The van der Waals surface area contributed by atoms with E-state index in [9.17, 15) is 4.79 Å². The van der Waals surface area contributed by atoms with Gasteiger partial charge in [-0.25, -0.2) is 0 Å². The molecule has 0 N–H and O–H groups in total. The van der Waals surface area contributed by atoms with Gasteiger partial charge < -0.3 is 9.64 Å². The number of carbonyl (C=O) groups excluding carboxylic acids is 1. The normalized spacial score (nSPS) is 16.1. The summed E-state index contributed by atoms with van der Waals surface area (Å²) < 4.78 is 5.69. The van der Waals surface area contributed by atoms with Gasteiger partial charge in [0.05, 0.1) is 29.7 Å². The molecule has 1 unspecified atom stereocenters. The first-order valence-electron chi connectivity index (χ1n) is 13.6. The lowest BCUT2D eigenvalue weighted by Gasteiger charge is -2.45. The number of ether oxygens (including phenoxy) is 1. The number of nitrogens with zero attached hydrogens (tertiary/aromatic N) is 2. The van der Waals surface area contributed by atoms with E-state index < -0.39 is 0 Å². The van der Waals surface area contributed by atoms with Gasteiger partial charge >= 0.3 is 0 Å². The maximum absolute atomic E-state index is 13.6. The van der Waals surface area contributed by atoms with E-state index in [4.69, 9.17) is 4.74 Å². The SMILES string of the molecule is COCC1CN(C(=O)CSC(c2ccccc2)c2ccccc2)CCN1C(c1ccccc1)c1ccccc1. The zero-order valence-electron chi connectivity index (χ0n) is 22.4. The lowest BCUT2D eigenvalue weighted by Crippen LogP contribution is -2.57. The minimum absolute atomic E-state index is 0.0992. The largest absolute Gasteiger partial charge is 0.383 e. The molecule has 1 aliphatic heterocycles. The lowest BCUT2D eigenvalue weighted by atomic mass is 9.94. The van der Waals surface area contributed by atoms with Crippen molar-refractivity contribution in [2.45, 2.75) is 17.3 Å². The van der Waals surface area contributed by atoms with Gasteiger partial charge in [-0.05, 0) is 22.3 Å². The van der Waals surface area contributed by atoms with Crippen molar-refractivity contribution in [2.75, 3.05) is 39.1 Å². The molecule has 1 fully saturated rings. The van der Waals surface area contributed by atoms with Gasteiger partial charge in [-0.15, -0.1) is 11.8 Å². The number of rotatable bonds is 10. The van der Waals surface area contributed by atoms with Gasteiger partial charge in [-0.3, -0.25) is 9.69 Å². The van der Waals surface area contributed by atoms with E-state index in [1.54, 1.807) is 18.9 Å². The number of hydrogen-bond donors (Lipinski definition) is 0. The number of methoxy groups -OCH3 is 1. The second-order valence-corrected chi connectivity index (χ2v) is 11.0. The monoisotopic (exact) mass is 536 g/mol. The van der Waals surface area contributed by atoms with Gasteiger partial charge in [0.1, 0.15) is 0 Å². The molecule has 0 saturated carbocycles. The van der Waals surface area contributed by atoms with E-state index in [0.717, 1.165) is 6.54 Å². The van der Waals surface area contributed by atoms with Gasteiger partial charge in [-0.1, -0.05) is 121 Å². The Morgan fingerprint density at radius 2 is 1.21 bits per heavy atom. The van der Waals surface area contributed by atoms with Crippen LogP contribution in [0.25, 0.3) is 0 Å². The van der Waals surface area contributed by atoms with Crippen LogP contribution < -0.4 is 0 Å². The Morgan fingerprint density at radius 3 is 1.67 bits per heavy atom. The highest BCUT2D eigenvalue weighted by Crippen LogP contribution is 2.36. The Bertz CT molecular complexity index is 1210. The number of carbonyl (C=O) groups is 1. The molecule has 0 aliphatic carbocycles. The standard InChI is InChI=1S/C34H36N2O2S/c1-38-25-31-24-35(22-23-36(31)33(27-14-6-2-7-15-27)28-16-8-3-9-17-28)32(37)26-39-34(29-18-10-4-11-19-29)30-20-12-5-13-21-30/h2-21,31,33-34H,22-26H2,1H3. The molecular weight excluding hydrogens is 500 g/mol. The third-order valence-corrected chi connectivity index (χ3v) is 8.67. The summed E-state index contributed by atoms with van der Waals surface area (Å²) in [4.78, 5) is 18.1. The molecule has 4 nitrogen and oxygen atoms in total. The highest BCUT2D eigenvalue weighted by atomic mass is 32.2. The first-order chi connectivity index (χ1) is 19.2. The van der Waals surface area contributed by atoms with Crippen LogP contribution in [0.5, 0.6) is 0 Å². The molecule has 5 heteroatoms. The third-order valence-electron chi connectivity index (χ3n) is 7.38. The predicted octanol–water partition coefficient (Wildman–Crippen LogP) is 6.46. The average molecular weight is 537 g/mol. The Kier molecular flexibility index (Phi) is 9.49. The summed E-state index contributed by atoms with van der Waals surface area (Å²) in [6.07, 6.45) is 0. The fraction of sp³-hybridized carbons (Fsp3) is 0.265. The van der Waals surface area contributed by atoms with Crippen LogP contribution in [0.15, 0.2) is 121 Å². The molecule has 0 aromatic heterocycles. The van der Waals surface area contributed by atoms with E-state index in [2.05, 4.69) is 114 Å². The summed E-state index contributed by atoms with van der Waals surface area (Å²) in [6.45, 7) is 2.73. The fourth-order valence-electron chi connectivity index (χ4n) is 5.51. The topological polar surface area (TPSA) is 32.8 Å². The summed E-state index contributed by atoms with van der Waals surface area (Å²) >= 11 is 1.71. The minimum atomic E-state index is 0.0992. The van der Waals surface area contributed by atoms with Crippen molar-refractivity contribution in [1.82, 2.24) is 9.80 Å². The molecular formula is C34H36N2O2S. The molecule has 1 aliphatic rings. The van der Waals surface area contributed by atoms with Gasteiger partial charge in [0.15, 0.2) is 0 Å². The molecule has 200 valence electrons. The molecule has 1 atom stereocenters. The quantitative estimate of drug-likeness (QED) is 0.233. The Labute approximate surface area is 236 Å². The zero-order valence-corrected chi connectivity index (χ0v) is 23.3. The van der Waals surface area contributed by atoms with E-state index in [-0.39, 0.29) is 23.2 Å². The Hall–Kier alpha value is -3.38. The van der Waals surface area contributed by atoms with Crippen molar-refractivity contribution in [2.24, 2.45) is 0 Å². The van der Waals surface area contributed by atoms with E-state index in [0.29, 0.717) is 25.4 Å². The minimum Gasteiger partial charge on any atom is -0.383 e. The summed E-state index contributed by atoms with van der Waals surface area (Å²) in [5.74, 6) is 0.628. The van der Waals surface area contributed by atoms with Gasteiger partial charge in [-0.2, -0.15) is 0 Å². The third kappa shape index (κ3) is 6.80. The Morgan fingerprint density at radius 1 is 0.744 bits per heavy atom. The fourth-order valence-corrected chi connectivity index (χ4v) is 6.70. The summed E-state index contributed by atoms with van der Waals surface area (Å²) in [5, 5.41) is 0.118. The van der Waals surface area contributed by atoms with Crippen LogP contribution in [0.2, 0.25) is 0 Å². The van der Waals surface area contributed by atoms with Crippen molar-refractivity contribution in [3.8, 4) is 0 Å². The highest BCUT2D eigenvalue weighted by Gasteiger charge is 2.35. The van der Waals surface area contributed by atoms with Crippen LogP contribution >= 0.6 is 11.8 Å². The van der Waals surface area contributed by atoms with Gasteiger partial charge in [0.2, 0.25) is 5.91 Å². The molecule has 1 amide bonds. The van der Waals surface area contributed by atoms with Gasteiger partial charge in [0.25, 0.3) is 0 Å². The van der Waals surface area contributed by atoms with Crippen molar-refractivity contribution < 1.29 is 9.53 Å². The highest BCUT2D eigenvalue weighted by molar-refractivity contribution is 8.00. The van der Waals surface area contributed by atoms with Crippen LogP contribution in [-0.2, 0) is 9.53 Å². The van der Waals surface area contributed by atoms with E-state index in [1.807, 2.05) is 17.0 Å². The van der Waals surface area contributed by atoms with Crippen LogP contribution in [0.1, 0.15) is 33.5 Å². The van der Waals surface area contributed by atoms with Crippen LogP contribution in [0, 0.1) is 0 Å². The maximum atomic E-state index is 13.6. The molecule has 0 radical (unpaired) electrons. The molecule has 1 saturated heterocycles. The van der Waals surface area contributed by atoms with E-state index in [1.165, 1.54) is 22.3 Å². The zero-order chi connectivity index (χ0) is 26.9. The summed E-state index contributed by atoms with van der Waals surface area (Å²) in [5.41, 5.74) is 4.96. The van der Waals surface area contributed by atoms with Crippen LogP contribution in [-0.4, -0.2) is 60.9 Å². The Balaban J connectivity index is 1.31. The van der Waals surface area contributed by atoms with E-state index >= 15 is 0 Å². The van der Waals surface area contributed by atoms with Crippen molar-refractivity contribution in [3.05, 3.63) is 144 Å². The lowest BCUT2D eigenvalue weighted by molar-refractivity contribution is -0.132. The summed E-state index contributed by atoms with van der Waals surface area (Å²) in [7, 11) is 1.75. The number of hydrogen-bond acceptors (Lipinski definition) is 4. The number of piperazine rings is 1. The second kappa shape index (κ2) is 13.6. The molecule has 4 aromatic carbocycles. The van der Waals surface area contributed by atoms with Crippen molar-refractivity contribution >= 4 is 17.7 Å². The molecule has 0 spiro atoms. The predicted molar refractivity (Wildman–Crippen MR) is 161 cm³/mol. The molecule has 39 heavy (non-hydrogen) atoms. The molecule has 1 heterocycles. The van der Waals surface area contributed by atoms with Crippen LogP contribution in [0.4, 0.5) is 0 Å². The van der Waals surface area contributed by atoms with Crippen LogP contribution in [0.3, 0.4) is 0 Å². The van der Waals surface area contributed by atoms with Gasteiger partial charge in [0, 0.05) is 26.7 Å². The first-order valence-corrected chi connectivity index (χ1v) is 14.6. The number of thioether (sulfide) groups is 1. The second-order valence-electron chi connectivity index (χ2n) is 9.92. The number of benzene rings is 4. The first kappa shape index (κ1) is 27.2. The number of amides is 1. The molecule has 5 rings (SSSR count). The van der Waals surface area contributed by atoms with Crippen molar-refractivity contribution in [1.29, 1.82) is 0 Å². The average Bonchev–Trinajstić information content (AvgIpc) is 3.00. The maximum Gasteiger partial charge on any atom is 0.232 e.